The molecule has 2 aromatic carbocycles. The number of halogens is 1. The van der Waals surface area contributed by atoms with Crippen LogP contribution in [0.5, 0.6) is 11.5 Å². The molecule has 0 aliphatic carbocycles. The van der Waals surface area contributed by atoms with E-state index in [-0.39, 0.29) is 5.75 Å². The summed E-state index contributed by atoms with van der Waals surface area (Å²) in [6.07, 6.45) is 0. The molecule has 0 aliphatic heterocycles. The number of aryl methyl sites for hydroxylation is 1. The number of aromatic nitrogens is 1. The molecule has 3 rings (SSSR count). The summed E-state index contributed by atoms with van der Waals surface area (Å²) in [5.41, 5.74) is 2.01. The summed E-state index contributed by atoms with van der Waals surface area (Å²) in [5.74, 6) is 1.01. The average Bonchev–Trinajstić information content (AvgIpc) is 2.73. The molecule has 102 valence electrons. The molecule has 0 atom stereocenters. The van der Waals surface area contributed by atoms with Crippen LogP contribution >= 0.6 is 11.6 Å². The third-order valence-corrected chi connectivity index (χ3v) is 3.55. The van der Waals surface area contributed by atoms with E-state index in [4.69, 9.17) is 16.3 Å². The minimum absolute atomic E-state index is 0.265. The Labute approximate surface area is 122 Å². The highest BCUT2D eigenvalue weighted by Gasteiger charge is 2.07. The van der Waals surface area contributed by atoms with Gasteiger partial charge in [0.05, 0.1) is 11.2 Å². The molecule has 0 aliphatic rings. The van der Waals surface area contributed by atoms with Gasteiger partial charge in [-0.05, 0) is 36.4 Å². The molecule has 1 N–H and O–H groups in total. The Balaban J connectivity index is 1.86. The summed E-state index contributed by atoms with van der Waals surface area (Å²) in [4.78, 5) is 0. The molecule has 0 saturated heterocycles. The van der Waals surface area contributed by atoms with E-state index in [1.165, 1.54) is 0 Å². The summed E-state index contributed by atoms with van der Waals surface area (Å²) in [7, 11) is 1.96. The Morgan fingerprint density at radius 2 is 2.00 bits per heavy atom. The van der Waals surface area contributed by atoms with Gasteiger partial charge < -0.3 is 14.4 Å². The maximum atomic E-state index is 9.54. The molecule has 3 nitrogen and oxygen atoms in total. The van der Waals surface area contributed by atoms with Crippen LogP contribution in [-0.2, 0) is 13.7 Å². The zero-order chi connectivity index (χ0) is 14.1. The molecule has 0 bridgehead atoms. The second kappa shape index (κ2) is 5.10. The first-order valence-electron chi connectivity index (χ1n) is 6.29. The van der Waals surface area contributed by atoms with Crippen molar-refractivity contribution in [2.45, 2.75) is 6.61 Å². The van der Waals surface area contributed by atoms with Gasteiger partial charge >= 0.3 is 0 Å². The fraction of sp³-hybridized carbons (Fsp3) is 0.125. The number of benzene rings is 2. The van der Waals surface area contributed by atoms with Crippen LogP contribution in [0.4, 0.5) is 0 Å². The minimum Gasteiger partial charge on any atom is -0.508 e. The molecular weight excluding hydrogens is 274 g/mol. The lowest BCUT2D eigenvalue weighted by molar-refractivity contribution is 0.298. The summed E-state index contributed by atoms with van der Waals surface area (Å²) in [6.45, 7) is 0.451. The van der Waals surface area contributed by atoms with E-state index in [0.29, 0.717) is 11.6 Å². The standard InChI is InChI=1S/C16H14ClNO2/c1-18-13(7-11-5-6-14(19)9-16(11)18)10-20-15-4-2-3-12(17)8-15/h2-9,19H,10H2,1H3. The topological polar surface area (TPSA) is 34.4 Å². The van der Waals surface area contributed by atoms with Crippen molar-refractivity contribution in [2.75, 3.05) is 0 Å². The van der Waals surface area contributed by atoms with Crippen molar-refractivity contribution >= 4 is 22.5 Å². The van der Waals surface area contributed by atoms with E-state index < -0.39 is 0 Å². The van der Waals surface area contributed by atoms with Crippen molar-refractivity contribution in [2.24, 2.45) is 7.05 Å². The molecule has 0 radical (unpaired) electrons. The van der Waals surface area contributed by atoms with E-state index in [2.05, 4.69) is 6.07 Å². The number of hydrogen-bond donors (Lipinski definition) is 1. The third kappa shape index (κ3) is 2.45. The predicted molar refractivity (Wildman–Crippen MR) is 80.4 cm³/mol. The van der Waals surface area contributed by atoms with Crippen LogP contribution in [0, 0.1) is 0 Å². The SMILES string of the molecule is Cn1c(COc2cccc(Cl)c2)cc2ccc(O)cc21. The number of nitrogens with zero attached hydrogens (tertiary/aromatic N) is 1. The Morgan fingerprint density at radius 1 is 1.15 bits per heavy atom. The molecular formula is C16H14ClNO2. The number of ether oxygens (including phenoxy) is 1. The summed E-state index contributed by atoms with van der Waals surface area (Å²) < 4.78 is 7.76. The van der Waals surface area contributed by atoms with Gasteiger partial charge in [0.1, 0.15) is 18.1 Å². The average molecular weight is 288 g/mol. The van der Waals surface area contributed by atoms with Crippen molar-refractivity contribution in [3.05, 3.63) is 59.2 Å². The molecule has 0 unspecified atom stereocenters. The van der Waals surface area contributed by atoms with Crippen molar-refractivity contribution in [1.29, 1.82) is 0 Å². The Morgan fingerprint density at radius 3 is 2.80 bits per heavy atom. The minimum atomic E-state index is 0.265. The second-order valence-corrected chi connectivity index (χ2v) is 5.12. The largest absolute Gasteiger partial charge is 0.508 e. The first-order chi connectivity index (χ1) is 9.63. The molecule has 0 saturated carbocycles. The number of aromatic hydroxyl groups is 1. The van der Waals surface area contributed by atoms with Crippen molar-refractivity contribution in [1.82, 2.24) is 4.57 Å². The van der Waals surface area contributed by atoms with Gasteiger partial charge in [-0.15, -0.1) is 0 Å². The molecule has 1 aromatic heterocycles. The van der Waals surface area contributed by atoms with Crippen molar-refractivity contribution < 1.29 is 9.84 Å². The maximum absolute atomic E-state index is 9.54. The Bertz CT molecular complexity index is 764. The Kier molecular flexibility index (Phi) is 3.28. The molecule has 3 aromatic rings. The van der Waals surface area contributed by atoms with Crippen molar-refractivity contribution in [3.63, 3.8) is 0 Å². The molecule has 20 heavy (non-hydrogen) atoms. The van der Waals surface area contributed by atoms with Crippen LogP contribution in [0.25, 0.3) is 10.9 Å². The van der Waals surface area contributed by atoms with E-state index in [0.717, 1.165) is 22.3 Å². The lowest BCUT2D eigenvalue weighted by atomic mass is 10.2. The Hall–Kier alpha value is -2.13. The number of fused-ring (bicyclic) bond motifs is 1. The molecule has 0 spiro atoms. The highest BCUT2D eigenvalue weighted by Crippen LogP contribution is 2.24. The summed E-state index contributed by atoms with van der Waals surface area (Å²) in [6, 6.07) is 14.7. The lowest BCUT2D eigenvalue weighted by Crippen LogP contribution is -2.01. The van der Waals surface area contributed by atoms with Gasteiger partial charge in [0, 0.05) is 23.5 Å². The number of phenolic OH excluding ortho intramolecular Hbond substituents is 1. The van der Waals surface area contributed by atoms with Gasteiger partial charge in [0.25, 0.3) is 0 Å². The highest BCUT2D eigenvalue weighted by molar-refractivity contribution is 6.30. The zero-order valence-corrected chi connectivity index (χ0v) is 11.8. The van der Waals surface area contributed by atoms with Crippen LogP contribution in [0.15, 0.2) is 48.5 Å². The fourth-order valence-corrected chi connectivity index (χ4v) is 2.41. The third-order valence-electron chi connectivity index (χ3n) is 3.31. The van der Waals surface area contributed by atoms with Gasteiger partial charge in [-0.2, -0.15) is 0 Å². The van der Waals surface area contributed by atoms with Gasteiger partial charge in [0.2, 0.25) is 0 Å². The number of rotatable bonds is 3. The van der Waals surface area contributed by atoms with E-state index in [1.54, 1.807) is 18.2 Å². The highest BCUT2D eigenvalue weighted by atomic mass is 35.5. The first kappa shape index (κ1) is 12.9. The van der Waals surface area contributed by atoms with Gasteiger partial charge in [0.15, 0.2) is 0 Å². The van der Waals surface area contributed by atoms with Crippen LogP contribution in [0.3, 0.4) is 0 Å². The summed E-state index contributed by atoms with van der Waals surface area (Å²) in [5, 5.41) is 11.3. The van der Waals surface area contributed by atoms with Gasteiger partial charge in [-0.3, -0.25) is 0 Å². The van der Waals surface area contributed by atoms with Crippen LogP contribution in [0.1, 0.15) is 5.69 Å². The van der Waals surface area contributed by atoms with Crippen LogP contribution in [-0.4, -0.2) is 9.67 Å². The monoisotopic (exact) mass is 287 g/mol. The normalized spacial score (nSPS) is 10.9. The van der Waals surface area contributed by atoms with Gasteiger partial charge in [-0.1, -0.05) is 17.7 Å². The smallest absolute Gasteiger partial charge is 0.128 e. The van der Waals surface area contributed by atoms with E-state index >= 15 is 0 Å². The number of phenols is 1. The molecule has 0 fully saturated rings. The summed E-state index contributed by atoms with van der Waals surface area (Å²) >= 11 is 5.93. The van der Waals surface area contributed by atoms with Crippen LogP contribution < -0.4 is 4.74 Å². The first-order valence-corrected chi connectivity index (χ1v) is 6.67. The quantitative estimate of drug-likeness (QED) is 0.786. The zero-order valence-electron chi connectivity index (χ0n) is 11.0. The predicted octanol–water partition coefficient (Wildman–Crippen LogP) is 4.12. The van der Waals surface area contributed by atoms with Gasteiger partial charge in [-0.25, -0.2) is 0 Å². The molecule has 4 heteroatoms. The lowest BCUT2D eigenvalue weighted by Gasteiger charge is -2.07. The molecule has 1 heterocycles. The second-order valence-electron chi connectivity index (χ2n) is 4.68. The maximum Gasteiger partial charge on any atom is 0.128 e. The van der Waals surface area contributed by atoms with E-state index in [9.17, 15) is 5.11 Å². The van der Waals surface area contributed by atoms with Crippen molar-refractivity contribution in [3.8, 4) is 11.5 Å². The van der Waals surface area contributed by atoms with Crippen LogP contribution in [0.2, 0.25) is 5.02 Å². The fourth-order valence-electron chi connectivity index (χ4n) is 2.23. The van der Waals surface area contributed by atoms with E-state index in [1.807, 2.05) is 35.9 Å². The number of hydrogen-bond acceptors (Lipinski definition) is 2. The molecule has 0 amide bonds.